The normalized spacial score (nSPS) is 11.0. The molecule has 23 heavy (non-hydrogen) atoms. The van der Waals surface area contributed by atoms with Gasteiger partial charge in [0.25, 0.3) is 0 Å². The van der Waals surface area contributed by atoms with E-state index in [0.717, 1.165) is 5.56 Å². The second-order valence-corrected chi connectivity index (χ2v) is 6.83. The maximum atomic E-state index is 10.4. The van der Waals surface area contributed by atoms with Gasteiger partial charge in [-0.05, 0) is 38.1 Å². The fourth-order valence-corrected chi connectivity index (χ4v) is 2.66. The highest BCUT2D eigenvalue weighted by molar-refractivity contribution is 7.85. The molecule has 2 aromatic carbocycles. The third kappa shape index (κ3) is 4.61. The predicted octanol–water partition coefficient (Wildman–Crippen LogP) is 2.87. The number of rotatable bonds is 1. The highest BCUT2D eigenvalue weighted by Gasteiger charge is 2.01. The molecule has 0 aliphatic heterocycles. The van der Waals surface area contributed by atoms with Crippen molar-refractivity contribution in [2.45, 2.75) is 18.7 Å². The maximum Gasteiger partial charge on any atom is 0.212 e. The number of aryl methyl sites for hydroxylation is 3. The Labute approximate surface area is 136 Å². The monoisotopic (exact) mass is 329 g/mol. The Morgan fingerprint density at radius 1 is 0.913 bits per heavy atom. The average molecular weight is 329 g/mol. The molecule has 120 valence electrons. The Hall–Kier alpha value is -2.24. The van der Waals surface area contributed by atoms with E-state index in [-0.39, 0.29) is 4.90 Å². The van der Waals surface area contributed by atoms with E-state index >= 15 is 0 Å². The Morgan fingerprint density at radius 3 is 2.13 bits per heavy atom. The average Bonchev–Trinajstić information content (AvgIpc) is 2.47. The van der Waals surface area contributed by atoms with Crippen LogP contribution in [-0.4, -0.2) is 13.0 Å². The van der Waals surface area contributed by atoms with Crippen LogP contribution in [0.1, 0.15) is 11.1 Å². The number of hydrogen-bond acceptors (Lipinski definition) is 3. The van der Waals surface area contributed by atoms with Crippen molar-refractivity contribution < 1.29 is 17.5 Å². The molecule has 0 amide bonds. The molecular formula is C18H19NO3S. The molecule has 0 aliphatic carbocycles. The zero-order valence-electron chi connectivity index (χ0n) is 13.4. The zero-order valence-corrected chi connectivity index (χ0v) is 14.2. The van der Waals surface area contributed by atoms with Gasteiger partial charge in [-0.15, -0.1) is 0 Å². The van der Waals surface area contributed by atoms with E-state index in [9.17, 15) is 13.0 Å². The third-order valence-corrected chi connectivity index (χ3v) is 4.31. The minimum Gasteiger partial charge on any atom is -0.744 e. The van der Waals surface area contributed by atoms with Crippen molar-refractivity contribution in [2.24, 2.45) is 7.05 Å². The van der Waals surface area contributed by atoms with Crippen molar-refractivity contribution in [1.29, 1.82) is 0 Å². The van der Waals surface area contributed by atoms with Crippen molar-refractivity contribution in [3.05, 3.63) is 71.9 Å². The smallest absolute Gasteiger partial charge is 0.212 e. The molecule has 0 saturated heterocycles. The summed E-state index contributed by atoms with van der Waals surface area (Å²) < 4.78 is 33.3. The van der Waals surface area contributed by atoms with E-state index in [4.69, 9.17) is 0 Å². The first-order valence-electron chi connectivity index (χ1n) is 7.15. The van der Waals surface area contributed by atoms with Crippen molar-refractivity contribution in [1.82, 2.24) is 0 Å². The van der Waals surface area contributed by atoms with Gasteiger partial charge in [0.2, 0.25) is 5.52 Å². The summed E-state index contributed by atoms with van der Waals surface area (Å²) in [6.45, 7) is 3.94. The van der Waals surface area contributed by atoms with Crippen LogP contribution in [0.3, 0.4) is 0 Å². The van der Waals surface area contributed by atoms with Crippen molar-refractivity contribution in [2.75, 3.05) is 0 Å². The van der Waals surface area contributed by atoms with Gasteiger partial charge in [0.1, 0.15) is 17.2 Å². The second-order valence-electron chi connectivity index (χ2n) is 5.45. The highest BCUT2D eigenvalue weighted by Crippen LogP contribution is 2.10. The minimum atomic E-state index is -4.27. The van der Waals surface area contributed by atoms with Crippen molar-refractivity contribution >= 4 is 21.0 Å². The third-order valence-electron chi connectivity index (χ3n) is 3.46. The molecule has 5 heteroatoms. The van der Waals surface area contributed by atoms with E-state index < -0.39 is 10.1 Å². The number of hydrogen-bond donors (Lipinski definition) is 0. The predicted molar refractivity (Wildman–Crippen MR) is 89.0 cm³/mol. The molecule has 3 rings (SSSR count). The fourth-order valence-electron chi connectivity index (χ4n) is 2.19. The van der Waals surface area contributed by atoms with E-state index in [1.165, 1.54) is 28.6 Å². The molecule has 0 N–H and O–H groups in total. The van der Waals surface area contributed by atoms with Crippen LogP contribution in [0.4, 0.5) is 0 Å². The molecule has 0 unspecified atom stereocenters. The van der Waals surface area contributed by atoms with Crippen LogP contribution in [0, 0.1) is 13.8 Å². The zero-order chi connectivity index (χ0) is 17.0. The summed E-state index contributed by atoms with van der Waals surface area (Å²) in [5.41, 5.74) is 3.52. The van der Waals surface area contributed by atoms with Crippen LogP contribution in [0.25, 0.3) is 10.9 Å². The lowest BCUT2D eigenvalue weighted by atomic mass is 10.1. The van der Waals surface area contributed by atoms with Crippen LogP contribution in [0.5, 0.6) is 0 Å². The van der Waals surface area contributed by atoms with Gasteiger partial charge in [0, 0.05) is 17.5 Å². The molecule has 0 spiro atoms. The van der Waals surface area contributed by atoms with Gasteiger partial charge in [0.05, 0.1) is 4.90 Å². The van der Waals surface area contributed by atoms with Crippen LogP contribution >= 0.6 is 0 Å². The largest absolute Gasteiger partial charge is 0.744 e. The standard InChI is InChI=1S/C11H12N.C7H8O3S/c1-9-5-6-11-10(8-9)4-3-7-12(11)2;1-6-2-4-7(5-3-6)11(8,9)10/h3-8H,1-2H3;2-5H,1H3,(H,8,9,10)/q+1;/p-1. The van der Waals surface area contributed by atoms with Gasteiger partial charge < -0.3 is 4.55 Å². The molecule has 0 atom stereocenters. The second kappa shape index (κ2) is 6.89. The summed E-state index contributed by atoms with van der Waals surface area (Å²) >= 11 is 0. The summed E-state index contributed by atoms with van der Waals surface area (Å²) in [6, 6.07) is 16.5. The molecule has 3 aromatic rings. The lowest BCUT2D eigenvalue weighted by molar-refractivity contribution is -0.644. The molecule has 0 radical (unpaired) electrons. The minimum absolute atomic E-state index is 0.178. The molecule has 0 aliphatic rings. The number of aromatic nitrogens is 1. The quantitative estimate of drug-likeness (QED) is 0.509. The first-order valence-corrected chi connectivity index (χ1v) is 8.56. The van der Waals surface area contributed by atoms with Crippen LogP contribution in [0.15, 0.2) is 65.7 Å². The fraction of sp³-hybridized carbons (Fsp3) is 0.167. The Bertz CT molecular complexity index is 917. The molecule has 0 fully saturated rings. The summed E-state index contributed by atoms with van der Waals surface area (Å²) in [5, 5.41) is 1.31. The Kier molecular flexibility index (Phi) is 5.13. The molecule has 1 aromatic heterocycles. The Balaban J connectivity index is 0.000000168. The van der Waals surface area contributed by atoms with Gasteiger partial charge in [-0.3, -0.25) is 0 Å². The van der Waals surface area contributed by atoms with Gasteiger partial charge in [-0.1, -0.05) is 29.3 Å². The molecule has 4 nitrogen and oxygen atoms in total. The van der Waals surface area contributed by atoms with Crippen molar-refractivity contribution in [3.8, 4) is 0 Å². The summed E-state index contributed by atoms with van der Waals surface area (Å²) in [7, 11) is -2.20. The van der Waals surface area contributed by atoms with Gasteiger partial charge in [-0.25, -0.2) is 13.0 Å². The van der Waals surface area contributed by atoms with Gasteiger partial charge >= 0.3 is 0 Å². The molecule has 0 bridgehead atoms. The number of benzene rings is 2. The lowest BCUT2D eigenvalue weighted by Crippen LogP contribution is -2.27. The molecule has 1 heterocycles. The SMILES string of the molecule is Cc1ccc(S(=O)(=O)[O-])cc1.Cc1ccc2c(ccc[n+]2C)c1. The maximum absolute atomic E-state index is 10.4. The van der Waals surface area contributed by atoms with Gasteiger partial charge in [-0.2, -0.15) is 0 Å². The van der Waals surface area contributed by atoms with Gasteiger partial charge in [0.15, 0.2) is 6.20 Å². The lowest BCUT2D eigenvalue weighted by Gasteiger charge is -2.05. The Morgan fingerprint density at radius 2 is 1.52 bits per heavy atom. The first kappa shape index (κ1) is 17.1. The van der Waals surface area contributed by atoms with Crippen LogP contribution in [0.2, 0.25) is 0 Å². The van der Waals surface area contributed by atoms with E-state index in [1.807, 2.05) is 6.92 Å². The number of pyridine rings is 1. The van der Waals surface area contributed by atoms with E-state index in [1.54, 1.807) is 12.1 Å². The molecular weight excluding hydrogens is 310 g/mol. The number of fused-ring (bicyclic) bond motifs is 1. The molecule has 0 saturated carbocycles. The van der Waals surface area contributed by atoms with E-state index in [2.05, 4.69) is 55.1 Å². The van der Waals surface area contributed by atoms with Crippen molar-refractivity contribution in [3.63, 3.8) is 0 Å². The highest BCUT2D eigenvalue weighted by atomic mass is 32.2. The first-order chi connectivity index (χ1) is 10.8. The summed E-state index contributed by atoms with van der Waals surface area (Å²) in [6.07, 6.45) is 2.07. The van der Waals surface area contributed by atoms with E-state index in [0.29, 0.717) is 0 Å². The van der Waals surface area contributed by atoms with Crippen LogP contribution < -0.4 is 4.57 Å². The number of nitrogens with zero attached hydrogens (tertiary/aromatic N) is 1. The summed E-state index contributed by atoms with van der Waals surface area (Å²) in [4.78, 5) is -0.178. The summed E-state index contributed by atoms with van der Waals surface area (Å²) in [5.74, 6) is 0. The topological polar surface area (TPSA) is 61.1 Å². The van der Waals surface area contributed by atoms with Crippen LogP contribution in [-0.2, 0) is 17.2 Å².